The summed E-state index contributed by atoms with van der Waals surface area (Å²) in [5, 5.41) is 0. The van der Waals surface area contributed by atoms with E-state index in [0.29, 0.717) is 11.8 Å². The maximum absolute atomic E-state index is 11.1. The van der Waals surface area contributed by atoms with Crippen LogP contribution >= 0.6 is 0 Å². The summed E-state index contributed by atoms with van der Waals surface area (Å²) < 4.78 is 0. The van der Waals surface area contributed by atoms with Crippen molar-refractivity contribution in [3.05, 3.63) is 0 Å². The largest absolute Gasteiger partial charge is 0.294 e. The molecule has 3 N–H and O–H groups in total. The maximum Gasteiger partial charge on any atom is 0.237 e. The van der Waals surface area contributed by atoms with Crippen LogP contribution in [-0.2, 0) is 4.79 Å². The van der Waals surface area contributed by atoms with E-state index in [0.717, 1.165) is 0 Å². The lowest BCUT2D eigenvalue weighted by Gasteiger charge is -2.04. The van der Waals surface area contributed by atoms with Crippen molar-refractivity contribution >= 4 is 5.91 Å². The van der Waals surface area contributed by atoms with Gasteiger partial charge in [0.2, 0.25) is 5.91 Å². The molecular weight excluding hydrogens is 140 g/mol. The topological polar surface area (TPSA) is 55.1 Å². The molecule has 2 aliphatic rings. The molecule has 3 heteroatoms. The molecule has 0 saturated heterocycles. The molecule has 0 spiro atoms. The molecule has 2 rings (SSSR count). The lowest BCUT2D eigenvalue weighted by atomic mass is 10.0. The first kappa shape index (κ1) is 7.10. The number of nitrogens with two attached hydrogens (primary N) is 1. The third-order valence-corrected chi connectivity index (χ3v) is 3.10. The van der Waals surface area contributed by atoms with Crippen LogP contribution in [0.25, 0.3) is 0 Å². The molecule has 0 aliphatic heterocycles. The third-order valence-electron chi connectivity index (χ3n) is 3.10. The van der Waals surface area contributed by atoms with E-state index in [4.69, 9.17) is 5.84 Å². The van der Waals surface area contributed by atoms with E-state index >= 15 is 0 Å². The molecule has 2 fully saturated rings. The van der Waals surface area contributed by atoms with Crippen molar-refractivity contribution in [1.82, 2.24) is 5.43 Å². The molecule has 0 radical (unpaired) electrons. The van der Waals surface area contributed by atoms with Crippen molar-refractivity contribution in [3.63, 3.8) is 0 Å². The molecular formula is C8H14N2O. The monoisotopic (exact) mass is 154 g/mol. The Labute approximate surface area is 66.3 Å². The average Bonchev–Trinajstić information content (AvgIpc) is 2.77. The number of hydrogen-bond donors (Lipinski definition) is 2. The van der Waals surface area contributed by atoms with Crippen LogP contribution in [0.4, 0.5) is 0 Å². The summed E-state index contributed by atoms with van der Waals surface area (Å²) in [6.07, 6.45) is 5.08. The van der Waals surface area contributed by atoms with Gasteiger partial charge in [-0.3, -0.25) is 10.2 Å². The molecule has 2 atom stereocenters. The Kier molecular flexibility index (Phi) is 1.60. The van der Waals surface area contributed by atoms with E-state index in [-0.39, 0.29) is 11.8 Å². The quantitative estimate of drug-likeness (QED) is 0.326. The third kappa shape index (κ3) is 1.03. The summed E-state index contributed by atoms with van der Waals surface area (Å²) in [7, 11) is 0. The van der Waals surface area contributed by atoms with Gasteiger partial charge in [-0.1, -0.05) is 12.8 Å². The van der Waals surface area contributed by atoms with Crippen LogP contribution in [0, 0.1) is 17.8 Å². The van der Waals surface area contributed by atoms with Gasteiger partial charge >= 0.3 is 0 Å². The van der Waals surface area contributed by atoms with E-state index in [2.05, 4.69) is 5.43 Å². The predicted octanol–water partition coefficient (Wildman–Crippen LogP) is 0.412. The summed E-state index contributed by atoms with van der Waals surface area (Å²) in [5.74, 6) is 6.74. The molecule has 11 heavy (non-hydrogen) atoms. The smallest absolute Gasteiger partial charge is 0.237 e. The van der Waals surface area contributed by atoms with E-state index in [1.54, 1.807) is 0 Å². The van der Waals surface area contributed by atoms with Gasteiger partial charge in [0.1, 0.15) is 0 Å². The van der Waals surface area contributed by atoms with E-state index in [1.165, 1.54) is 25.7 Å². The Balaban J connectivity index is 1.94. The first-order chi connectivity index (χ1) is 5.34. The second-order valence-corrected chi connectivity index (χ2v) is 3.65. The van der Waals surface area contributed by atoms with Gasteiger partial charge < -0.3 is 0 Å². The van der Waals surface area contributed by atoms with Gasteiger partial charge in [-0.05, 0) is 24.7 Å². The molecule has 0 aromatic carbocycles. The van der Waals surface area contributed by atoms with Crippen molar-refractivity contribution in [1.29, 1.82) is 0 Å². The zero-order valence-corrected chi connectivity index (χ0v) is 6.55. The summed E-state index contributed by atoms with van der Waals surface area (Å²) >= 11 is 0. The molecule has 2 saturated carbocycles. The van der Waals surface area contributed by atoms with Crippen molar-refractivity contribution in [2.45, 2.75) is 25.7 Å². The molecule has 0 bridgehead atoms. The maximum atomic E-state index is 11.1. The van der Waals surface area contributed by atoms with Crippen LogP contribution in [0.2, 0.25) is 0 Å². The SMILES string of the molecule is NNC(=O)C1C2CCCCC21. The van der Waals surface area contributed by atoms with Gasteiger partial charge in [0.15, 0.2) is 0 Å². The number of rotatable bonds is 1. The number of carbonyl (C=O) groups excluding carboxylic acids is 1. The molecule has 0 heterocycles. The Morgan fingerprint density at radius 2 is 1.82 bits per heavy atom. The van der Waals surface area contributed by atoms with Crippen LogP contribution in [-0.4, -0.2) is 5.91 Å². The normalized spacial score (nSPS) is 41.0. The fraction of sp³-hybridized carbons (Fsp3) is 0.875. The summed E-state index contributed by atoms with van der Waals surface area (Å²) in [5.41, 5.74) is 2.24. The van der Waals surface area contributed by atoms with Gasteiger partial charge in [-0.25, -0.2) is 5.84 Å². The first-order valence-electron chi connectivity index (χ1n) is 4.35. The molecule has 3 nitrogen and oxygen atoms in total. The van der Waals surface area contributed by atoms with Crippen LogP contribution in [0.3, 0.4) is 0 Å². The summed E-state index contributed by atoms with van der Waals surface area (Å²) in [4.78, 5) is 11.1. The van der Waals surface area contributed by atoms with Crippen molar-refractivity contribution in [2.75, 3.05) is 0 Å². The second kappa shape index (κ2) is 2.48. The summed E-state index contributed by atoms with van der Waals surface area (Å²) in [6, 6.07) is 0. The number of amides is 1. The minimum absolute atomic E-state index is 0.0573. The van der Waals surface area contributed by atoms with Crippen LogP contribution < -0.4 is 11.3 Å². The molecule has 2 unspecified atom stereocenters. The summed E-state index contributed by atoms with van der Waals surface area (Å²) in [6.45, 7) is 0. The number of hydrogen-bond acceptors (Lipinski definition) is 2. The number of fused-ring (bicyclic) bond motifs is 1. The van der Waals surface area contributed by atoms with Gasteiger partial charge in [0, 0.05) is 5.92 Å². The lowest BCUT2D eigenvalue weighted by Crippen LogP contribution is -2.32. The van der Waals surface area contributed by atoms with E-state index < -0.39 is 0 Å². The lowest BCUT2D eigenvalue weighted by molar-refractivity contribution is -0.122. The van der Waals surface area contributed by atoms with Crippen LogP contribution in [0.1, 0.15) is 25.7 Å². The van der Waals surface area contributed by atoms with Gasteiger partial charge in [0.25, 0.3) is 0 Å². The van der Waals surface area contributed by atoms with E-state index in [9.17, 15) is 4.79 Å². The highest BCUT2D eigenvalue weighted by Crippen LogP contribution is 2.55. The van der Waals surface area contributed by atoms with Gasteiger partial charge in [-0.15, -0.1) is 0 Å². The Morgan fingerprint density at radius 3 is 2.27 bits per heavy atom. The average molecular weight is 154 g/mol. The molecule has 0 aromatic heterocycles. The Bertz CT molecular complexity index is 169. The van der Waals surface area contributed by atoms with Crippen molar-refractivity contribution in [3.8, 4) is 0 Å². The fourth-order valence-electron chi connectivity index (χ4n) is 2.48. The second-order valence-electron chi connectivity index (χ2n) is 3.65. The Morgan fingerprint density at radius 1 is 1.27 bits per heavy atom. The van der Waals surface area contributed by atoms with Crippen molar-refractivity contribution in [2.24, 2.45) is 23.6 Å². The highest BCUT2D eigenvalue weighted by Gasteiger charge is 2.54. The first-order valence-corrected chi connectivity index (χ1v) is 4.35. The highest BCUT2D eigenvalue weighted by molar-refractivity contribution is 5.81. The molecule has 2 aliphatic carbocycles. The molecule has 0 aromatic rings. The van der Waals surface area contributed by atoms with Crippen LogP contribution in [0.5, 0.6) is 0 Å². The Hall–Kier alpha value is -0.570. The zero-order valence-electron chi connectivity index (χ0n) is 6.55. The highest BCUT2D eigenvalue weighted by atomic mass is 16.2. The van der Waals surface area contributed by atoms with E-state index in [1.807, 2.05) is 0 Å². The van der Waals surface area contributed by atoms with Crippen molar-refractivity contribution < 1.29 is 4.79 Å². The zero-order chi connectivity index (χ0) is 7.84. The van der Waals surface area contributed by atoms with Crippen LogP contribution in [0.15, 0.2) is 0 Å². The van der Waals surface area contributed by atoms with Gasteiger partial charge in [-0.2, -0.15) is 0 Å². The van der Waals surface area contributed by atoms with Gasteiger partial charge in [0.05, 0.1) is 0 Å². The minimum atomic E-state index is 0.0573. The number of hydrazine groups is 1. The standard InChI is InChI=1S/C8H14N2O/c9-10-8(11)7-5-3-1-2-4-6(5)7/h5-7H,1-4,9H2,(H,10,11). The fourth-order valence-corrected chi connectivity index (χ4v) is 2.48. The number of carbonyl (C=O) groups is 1. The predicted molar refractivity (Wildman–Crippen MR) is 41.3 cm³/mol. The number of nitrogens with one attached hydrogen (secondary N) is 1. The molecule has 1 amide bonds. The minimum Gasteiger partial charge on any atom is -0.294 e. The molecule has 62 valence electrons.